The van der Waals surface area contributed by atoms with Crippen LogP contribution in [0.4, 0.5) is 5.69 Å². The summed E-state index contributed by atoms with van der Waals surface area (Å²) < 4.78 is 0. The van der Waals surface area contributed by atoms with Gasteiger partial charge in [0.2, 0.25) is 0 Å². The molecule has 0 bridgehead atoms. The number of nitro benzene ring substituents is 1. The summed E-state index contributed by atoms with van der Waals surface area (Å²) in [6.07, 6.45) is 0. The van der Waals surface area contributed by atoms with Crippen molar-refractivity contribution in [2.75, 3.05) is 0 Å². The van der Waals surface area contributed by atoms with Crippen LogP contribution in [0.5, 0.6) is 0 Å². The minimum absolute atomic E-state index is 0.00186. The van der Waals surface area contributed by atoms with Crippen molar-refractivity contribution in [3.63, 3.8) is 0 Å². The maximum Gasteiger partial charge on any atom is 0.270 e. The Hall–Kier alpha value is -2.77. The third kappa shape index (κ3) is 4.35. The lowest BCUT2D eigenvalue weighted by Gasteiger charge is -2.03. The molecule has 0 heterocycles. The standard InChI is InChI=1S/C15H13ClN4O3/c1-10(11-5-7-13(16)8-6-11)17-18-15(19-21)12-3-2-4-14(9-12)20(22)23/h2-9,21H,1H3,(H,18,19)/b17-10+. The summed E-state index contributed by atoms with van der Waals surface area (Å²) >= 11 is 5.82. The quantitative estimate of drug-likeness (QED) is 0.388. The molecule has 0 aliphatic carbocycles. The molecule has 0 atom stereocenters. The molecule has 23 heavy (non-hydrogen) atoms. The van der Waals surface area contributed by atoms with Gasteiger partial charge in [0.05, 0.1) is 10.6 Å². The summed E-state index contributed by atoms with van der Waals surface area (Å²) in [5.74, 6) is 0.00186. The van der Waals surface area contributed by atoms with E-state index >= 15 is 0 Å². The van der Waals surface area contributed by atoms with Crippen LogP contribution in [-0.2, 0) is 0 Å². The molecule has 8 heteroatoms. The zero-order valence-corrected chi connectivity index (χ0v) is 12.9. The van der Waals surface area contributed by atoms with Gasteiger partial charge in [-0.15, -0.1) is 5.10 Å². The molecule has 0 fully saturated rings. The predicted octanol–water partition coefficient (Wildman–Crippen LogP) is 3.40. The molecule has 2 rings (SSSR count). The Balaban J connectivity index is 2.31. The lowest BCUT2D eigenvalue weighted by molar-refractivity contribution is -0.384. The second-order valence-corrected chi connectivity index (χ2v) is 5.00. The van der Waals surface area contributed by atoms with E-state index in [-0.39, 0.29) is 11.5 Å². The average Bonchev–Trinajstić information content (AvgIpc) is 2.56. The van der Waals surface area contributed by atoms with Gasteiger partial charge in [-0.2, -0.15) is 5.10 Å². The molecule has 0 unspecified atom stereocenters. The van der Waals surface area contributed by atoms with Gasteiger partial charge in [0.1, 0.15) is 0 Å². The van der Waals surface area contributed by atoms with Crippen LogP contribution in [0.3, 0.4) is 0 Å². The number of nitro groups is 1. The molecule has 0 saturated carbocycles. The minimum Gasteiger partial charge on any atom is -0.290 e. The summed E-state index contributed by atoms with van der Waals surface area (Å²) in [4.78, 5) is 10.3. The summed E-state index contributed by atoms with van der Waals surface area (Å²) in [6, 6.07) is 12.7. The van der Waals surface area contributed by atoms with Gasteiger partial charge in [-0.3, -0.25) is 20.8 Å². The Labute approximate surface area is 137 Å². The number of halogens is 1. The van der Waals surface area contributed by atoms with E-state index in [1.165, 1.54) is 18.2 Å². The first-order valence-corrected chi connectivity index (χ1v) is 6.92. The number of rotatable bonds is 4. The maximum atomic E-state index is 10.8. The lowest BCUT2D eigenvalue weighted by atomic mass is 10.1. The molecule has 0 aromatic heterocycles. The van der Waals surface area contributed by atoms with Crippen molar-refractivity contribution < 1.29 is 10.1 Å². The highest BCUT2D eigenvalue weighted by Gasteiger charge is 2.09. The van der Waals surface area contributed by atoms with Crippen molar-refractivity contribution in [1.82, 2.24) is 5.48 Å². The van der Waals surface area contributed by atoms with E-state index in [9.17, 15) is 15.3 Å². The van der Waals surface area contributed by atoms with Crippen molar-refractivity contribution in [3.05, 3.63) is 74.8 Å². The molecule has 0 aliphatic rings. The zero-order chi connectivity index (χ0) is 16.8. The van der Waals surface area contributed by atoms with Gasteiger partial charge >= 0.3 is 0 Å². The summed E-state index contributed by atoms with van der Waals surface area (Å²) in [5.41, 5.74) is 3.55. The van der Waals surface area contributed by atoms with Gasteiger partial charge < -0.3 is 0 Å². The van der Waals surface area contributed by atoms with E-state index in [4.69, 9.17) is 11.6 Å². The van der Waals surface area contributed by atoms with Crippen LogP contribution in [0.2, 0.25) is 5.02 Å². The largest absolute Gasteiger partial charge is 0.290 e. The number of non-ortho nitro benzene ring substituents is 1. The van der Waals surface area contributed by atoms with Crippen molar-refractivity contribution in [2.24, 2.45) is 10.2 Å². The predicted molar refractivity (Wildman–Crippen MR) is 88.2 cm³/mol. The van der Waals surface area contributed by atoms with Gasteiger partial charge in [-0.1, -0.05) is 35.9 Å². The van der Waals surface area contributed by atoms with Crippen LogP contribution in [0.1, 0.15) is 18.1 Å². The van der Waals surface area contributed by atoms with Gasteiger partial charge in [0.25, 0.3) is 5.69 Å². The van der Waals surface area contributed by atoms with E-state index in [2.05, 4.69) is 10.2 Å². The van der Waals surface area contributed by atoms with E-state index in [1.54, 1.807) is 37.3 Å². The molecule has 0 aliphatic heterocycles. The Bertz CT molecular complexity index is 773. The SMILES string of the molecule is C/C(=N\N=C(\NO)c1cccc([N+](=O)[O-])c1)c1ccc(Cl)cc1. The summed E-state index contributed by atoms with van der Waals surface area (Å²) in [5, 5.41) is 28.5. The van der Waals surface area contributed by atoms with Crippen LogP contribution >= 0.6 is 11.6 Å². The van der Waals surface area contributed by atoms with Gasteiger partial charge in [-0.25, -0.2) is 0 Å². The third-order valence-corrected chi connectivity index (χ3v) is 3.25. The Kier molecular flexibility index (Phi) is 5.40. The van der Waals surface area contributed by atoms with E-state index < -0.39 is 4.92 Å². The van der Waals surface area contributed by atoms with Gasteiger partial charge in [-0.05, 0) is 24.6 Å². The second-order valence-electron chi connectivity index (χ2n) is 4.56. The smallest absolute Gasteiger partial charge is 0.270 e. The average molecular weight is 333 g/mol. The Morgan fingerprint density at radius 1 is 1.17 bits per heavy atom. The Morgan fingerprint density at radius 3 is 2.48 bits per heavy atom. The van der Waals surface area contributed by atoms with E-state index in [1.807, 2.05) is 5.48 Å². The van der Waals surface area contributed by atoms with Gasteiger partial charge in [0.15, 0.2) is 5.84 Å². The van der Waals surface area contributed by atoms with E-state index in [0.717, 1.165) is 5.56 Å². The molecule has 0 amide bonds. The second kappa shape index (κ2) is 7.48. The number of amidine groups is 1. The highest BCUT2D eigenvalue weighted by atomic mass is 35.5. The van der Waals surface area contributed by atoms with Crippen LogP contribution in [0, 0.1) is 10.1 Å². The molecule has 118 valence electrons. The number of benzene rings is 2. The summed E-state index contributed by atoms with van der Waals surface area (Å²) in [7, 11) is 0. The topological polar surface area (TPSA) is 100 Å². The van der Waals surface area contributed by atoms with Crippen LogP contribution in [0.25, 0.3) is 0 Å². The molecular formula is C15H13ClN4O3. The number of nitrogens with zero attached hydrogens (tertiary/aromatic N) is 3. The fraction of sp³-hybridized carbons (Fsp3) is 0.0667. The third-order valence-electron chi connectivity index (χ3n) is 3.00. The zero-order valence-electron chi connectivity index (χ0n) is 12.1. The number of hydroxylamine groups is 1. The molecule has 0 spiro atoms. The van der Waals surface area contributed by atoms with Crippen LogP contribution in [-0.4, -0.2) is 21.7 Å². The van der Waals surface area contributed by atoms with Crippen molar-refractivity contribution >= 4 is 28.8 Å². The fourth-order valence-corrected chi connectivity index (χ4v) is 1.91. The highest BCUT2D eigenvalue weighted by molar-refractivity contribution is 6.30. The first-order chi connectivity index (χ1) is 11.0. The molecule has 0 radical (unpaired) electrons. The maximum absolute atomic E-state index is 10.8. The Morgan fingerprint density at radius 2 is 1.87 bits per heavy atom. The van der Waals surface area contributed by atoms with Crippen LogP contribution in [0.15, 0.2) is 58.7 Å². The van der Waals surface area contributed by atoms with Gasteiger partial charge in [0, 0.05) is 22.7 Å². The lowest BCUT2D eigenvalue weighted by Crippen LogP contribution is -2.20. The molecule has 2 aromatic carbocycles. The van der Waals surface area contributed by atoms with Crippen molar-refractivity contribution in [2.45, 2.75) is 6.92 Å². The first kappa shape index (κ1) is 16.6. The van der Waals surface area contributed by atoms with E-state index in [0.29, 0.717) is 16.3 Å². The summed E-state index contributed by atoms with van der Waals surface area (Å²) in [6.45, 7) is 1.75. The highest BCUT2D eigenvalue weighted by Crippen LogP contribution is 2.14. The molecule has 0 saturated heterocycles. The molecule has 2 N–H and O–H groups in total. The molecule has 7 nitrogen and oxygen atoms in total. The monoisotopic (exact) mass is 332 g/mol. The number of nitrogens with one attached hydrogen (secondary N) is 1. The molecule has 2 aromatic rings. The molecular weight excluding hydrogens is 320 g/mol. The number of hydrogen-bond donors (Lipinski definition) is 2. The minimum atomic E-state index is -0.527. The van der Waals surface area contributed by atoms with Crippen molar-refractivity contribution in [3.8, 4) is 0 Å². The first-order valence-electron chi connectivity index (χ1n) is 6.54. The van der Waals surface area contributed by atoms with Crippen molar-refractivity contribution in [1.29, 1.82) is 0 Å². The fourth-order valence-electron chi connectivity index (χ4n) is 1.79. The van der Waals surface area contributed by atoms with Crippen LogP contribution < -0.4 is 5.48 Å². The normalized spacial score (nSPS) is 12.1. The number of hydrogen-bond acceptors (Lipinski definition) is 5.